The van der Waals surface area contributed by atoms with Crippen LogP contribution in [0, 0.1) is 0 Å². The Bertz CT molecular complexity index is 349. The number of nitrogens with zero attached hydrogens (tertiary/aromatic N) is 2. The maximum atomic E-state index is 2.79. The van der Waals surface area contributed by atoms with Gasteiger partial charge >= 0.3 is 0 Å². The van der Waals surface area contributed by atoms with E-state index in [0.29, 0.717) is 0 Å². The largest absolute Gasteiger partial charge is 0.331 e. The molecule has 0 heterocycles. The standard InChI is InChI=1S/C24H51N.C11H26N.CH4/c1-4-7-10-13-16-19-22-25(23-20-17-14-11-8-5-2)24-21-18-15-12-9-6-3;1-5-6-7-8-9-10-11-12(2,3)4;/h4-24H2,1-3H3;5-11H2,1-4H3;1H4/q;+1;. The Kier molecular flexibility index (Phi) is 39.0. The van der Waals surface area contributed by atoms with Crippen LogP contribution < -0.4 is 0 Å². The van der Waals surface area contributed by atoms with E-state index in [4.69, 9.17) is 0 Å². The third kappa shape index (κ3) is 40.4. The predicted molar refractivity (Wildman–Crippen MR) is 180 cm³/mol. The van der Waals surface area contributed by atoms with E-state index >= 15 is 0 Å². The zero-order valence-corrected chi connectivity index (χ0v) is 27.7. The molecule has 0 unspecified atom stereocenters. The Morgan fingerprint density at radius 3 is 0.842 bits per heavy atom. The molecule has 0 aliphatic carbocycles. The predicted octanol–water partition coefficient (Wildman–Crippen LogP) is 12.1. The van der Waals surface area contributed by atoms with Crippen molar-refractivity contribution >= 4 is 0 Å². The second-order valence-electron chi connectivity index (χ2n) is 12.9. The van der Waals surface area contributed by atoms with Gasteiger partial charge in [-0.2, -0.15) is 0 Å². The summed E-state index contributed by atoms with van der Waals surface area (Å²) < 4.78 is 1.12. The molecule has 2 heteroatoms. The monoisotopic (exact) mass is 542 g/mol. The minimum absolute atomic E-state index is 0. The lowest BCUT2D eigenvalue weighted by Crippen LogP contribution is -2.35. The van der Waals surface area contributed by atoms with Crippen LogP contribution in [-0.2, 0) is 0 Å². The number of hydrogen-bond acceptors (Lipinski definition) is 1. The first kappa shape index (κ1) is 42.4. The van der Waals surface area contributed by atoms with Gasteiger partial charge < -0.3 is 9.38 Å². The number of quaternary nitrogens is 1. The lowest BCUT2D eigenvalue weighted by Gasteiger charge is -2.23. The molecule has 0 aromatic rings. The first-order chi connectivity index (χ1) is 17.9. The lowest BCUT2D eigenvalue weighted by molar-refractivity contribution is -0.870. The number of unbranched alkanes of at least 4 members (excludes halogenated alkanes) is 20. The normalized spacial score (nSPS) is 11.4. The molecule has 0 rings (SSSR count). The van der Waals surface area contributed by atoms with Crippen molar-refractivity contribution in [1.29, 1.82) is 0 Å². The van der Waals surface area contributed by atoms with Crippen molar-refractivity contribution in [2.75, 3.05) is 47.3 Å². The average Bonchev–Trinajstić information content (AvgIpc) is 2.87. The van der Waals surface area contributed by atoms with Gasteiger partial charge in [-0.1, -0.05) is 157 Å². The molecule has 0 aliphatic rings. The highest BCUT2D eigenvalue weighted by Gasteiger charge is 2.06. The van der Waals surface area contributed by atoms with Gasteiger partial charge in [0.1, 0.15) is 0 Å². The van der Waals surface area contributed by atoms with Crippen molar-refractivity contribution in [1.82, 2.24) is 4.90 Å². The molecule has 0 radical (unpaired) electrons. The molecular weight excluding hydrogens is 460 g/mol. The molecule has 0 fully saturated rings. The fourth-order valence-corrected chi connectivity index (χ4v) is 5.05. The summed E-state index contributed by atoms with van der Waals surface area (Å²) in [5.41, 5.74) is 0. The summed E-state index contributed by atoms with van der Waals surface area (Å²) in [7, 11) is 6.81. The highest BCUT2D eigenvalue weighted by Crippen LogP contribution is 2.11. The molecule has 0 atom stereocenters. The van der Waals surface area contributed by atoms with Gasteiger partial charge in [-0.15, -0.1) is 0 Å². The molecule has 0 saturated carbocycles. The minimum Gasteiger partial charge on any atom is -0.331 e. The van der Waals surface area contributed by atoms with Crippen molar-refractivity contribution in [3.63, 3.8) is 0 Å². The van der Waals surface area contributed by atoms with E-state index in [1.165, 1.54) is 180 Å². The molecule has 0 aromatic carbocycles. The molecule has 0 amide bonds. The zero-order chi connectivity index (χ0) is 27.9. The maximum Gasteiger partial charge on any atom is 0.0780 e. The topological polar surface area (TPSA) is 3.24 Å². The van der Waals surface area contributed by atoms with Crippen molar-refractivity contribution in [2.24, 2.45) is 0 Å². The molecule has 0 aliphatic heterocycles. The fourth-order valence-electron chi connectivity index (χ4n) is 5.05. The fraction of sp³-hybridized carbons (Fsp3) is 1.00. The summed E-state index contributed by atoms with van der Waals surface area (Å²) in [6.07, 6.45) is 34.2. The van der Waals surface area contributed by atoms with Crippen molar-refractivity contribution in [3.8, 4) is 0 Å². The van der Waals surface area contributed by atoms with Crippen LogP contribution in [-0.4, -0.2) is 56.7 Å². The molecule has 234 valence electrons. The van der Waals surface area contributed by atoms with Crippen LogP contribution >= 0.6 is 0 Å². The summed E-state index contributed by atoms with van der Waals surface area (Å²) in [5, 5.41) is 0. The summed E-state index contributed by atoms with van der Waals surface area (Å²) in [6.45, 7) is 14.6. The van der Waals surface area contributed by atoms with Gasteiger partial charge in [0.2, 0.25) is 0 Å². The van der Waals surface area contributed by atoms with E-state index in [1.807, 2.05) is 0 Å². The zero-order valence-electron chi connectivity index (χ0n) is 27.7. The first-order valence-electron chi connectivity index (χ1n) is 17.4. The highest BCUT2D eigenvalue weighted by atomic mass is 15.3. The SMILES string of the molecule is C.CCCCCCCCN(CCCCCCCC)CCCCCCCC.CCCCCCCC[N+](C)(C)C. The average molecular weight is 542 g/mol. The van der Waals surface area contributed by atoms with E-state index in [-0.39, 0.29) is 7.43 Å². The Balaban J connectivity index is -0.000000794. The summed E-state index contributed by atoms with van der Waals surface area (Å²) >= 11 is 0. The Hall–Kier alpha value is -0.0800. The number of rotatable bonds is 28. The lowest BCUT2D eigenvalue weighted by atomic mass is 10.1. The third-order valence-corrected chi connectivity index (χ3v) is 7.67. The van der Waals surface area contributed by atoms with Crippen molar-refractivity contribution < 1.29 is 4.48 Å². The third-order valence-electron chi connectivity index (χ3n) is 7.67. The van der Waals surface area contributed by atoms with Crippen molar-refractivity contribution in [3.05, 3.63) is 0 Å². The second kappa shape index (κ2) is 34.9. The Morgan fingerprint density at radius 1 is 0.342 bits per heavy atom. The summed E-state index contributed by atoms with van der Waals surface area (Å²) in [4.78, 5) is 2.79. The molecule has 0 aromatic heterocycles. The molecular formula is C36H81N2+. The van der Waals surface area contributed by atoms with E-state index in [0.717, 1.165) is 4.48 Å². The molecule has 0 saturated heterocycles. The first-order valence-corrected chi connectivity index (χ1v) is 17.4. The van der Waals surface area contributed by atoms with Crippen LogP contribution in [0.1, 0.15) is 189 Å². The molecule has 2 nitrogen and oxygen atoms in total. The van der Waals surface area contributed by atoms with Gasteiger partial charge in [0.05, 0.1) is 27.7 Å². The quantitative estimate of drug-likeness (QED) is 0.0703. The number of hydrogen-bond donors (Lipinski definition) is 0. The van der Waals surface area contributed by atoms with Gasteiger partial charge in [-0.3, -0.25) is 0 Å². The van der Waals surface area contributed by atoms with Gasteiger partial charge in [0, 0.05) is 0 Å². The maximum absolute atomic E-state index is 2.79. The van der Waals surface area contributed by atoms with E-state index < -0.39 is 0 Å². The van der Waals surface area contributed by atoms with Gasteiger partial charge in [-0.25, -0.2) is 0 Å². The molecule has 0 N–H and O–H groups in total. The van der Waals surface area contributed by atoms with E-state index in [2.05, 4.69) is 53.7 Å². The Labute approximate surface area is 245 Å². The second-order valence-corrected chi connectivity index (χ2v) is 12.9. The van der Waals surface area contributed by atoms with Crippen molar-refractivity contribution in [2.45, 2.75) is 189 Å². The molecule has 38 heavy (non-hydrogen) atoms. The smallest absolute Gasteiger partial charge is 0.0780 e. The van der Waals surface area contributed by atoms with Crippen LogP contribution in [0.2, 0.25) is 0 Å². The minimum atomic E-state index is 0. The van der Waals surface area contributed by atoms with E-state index in [1.54, 1.807) is 0 Å². The van der Waals surface area contributed by atoms with Gasteiger partial charge in [0.15, 0.2) is 0 Å². The summed E-state index contributed by atoms with van der Waals surface area (Å²) in [6, 6.07) is 0. The van der Waals surface area contributed by atoms with Crippen LogP contribution in [0.4, 0.5) is 0 Å². The van der Waals surface area contributed by atoms with Crippen LogP contribution in [0.3, 0.4) is 0 Å². The highest BCUT2D eigenvalue weighted by molar-refractivity contribution is 4.60. The molecule has 0 bridgehead atoms. The Morgan fingerprint density at radius 2 is 0.579 bits per heavy atom. The molecule has 0 spiro atoms. The van der Waals surface area contributed by atoms with Crippen LogP contribution in [0.15, 0.2) is 0 Å². The van der Waals surface area contributed by atoms with Crippen LogP contribution in [0.5, 0.6) is 0 Å². The summed E-state index contributed by atoms with van der Waals surface area (Å²) in [5.74, 6) is 0. The van der Waals surface area contributed by atoms with Crippen LogP contribution in [0.25, 0.3) is 0 Å². The van der Waals surface area contributed by atoms with Gasteiger partial charge in [-0.05, 0) is 51.7 Å². The van der Waals surface area contributed by atoms with E-state index in [9.17, 15) is 0 Å². The van der Waals surface area contributed by atoms with Gasteiger partial charge in [0.25, 0.3) is 0 Å².